The summed E-state index contributed by atoms with van der Waals surface area (Å²) in [6.45, 7) is 0. The molecule has 0 aromatic carbocycles. The number of hydrogen-bond donors (Lipinski definition) is 1. The summed E-state index contributed by atoms with van der Waals surface area (Å²) in [5, 5.41) is 0. The molecule has 0 aliphatic rings. The molecule has 0 radical (unpaired) electrons. The predicted octanol–water partition coefficient (Wildman–Crippen LogP) is 2.55. The summed E-state index contributed by atoms with van der Waals surface area (Å²) < 4.78 is 42.2. The average molecular weight is 256 g/mol. The molecule has 4 nitrogen and oxygen atoms in total. The molecule has 0 atom stereocenters. The average Bonchev–Trinajstić information content (AvgIpc) is 2.77. The summed E-state index contributed by atoms with van der Waals surface area (Å²) in [5.41, 5.74) is -2.28. The molecule has 0 saturated heterocycles. The van der Waals surface area contributed by atoms with Crippen LogP contribution in [0.15, 0.2) is 33.7 Å². The van der Waals surface area contributed by atoms with E-state index in [0.717, 1.165) is 6.07 Å². The smallest absolute Gasteiger partial charge is 0.431 e. The zero-order valence-corrected chi connectivity index (χ0v) is 8.86. The Morgan fingerprint density at radius 1 is 1.33 bits per heavy atom. The van der Waals surface area contributed by atoms with E-state index in [1.54, 1.807) is 17.1 Å². The second kappa shape index (κ2) is 4.52. The van der Waals surface area contributed by atoms with E-state index in [4.69, 9.17) is 4.42 Å². The molecular formula is C11H7F3N2O2. The first-order valence-electron chi connectivity index (χ1n) is 4.85. The van der Waals surface area contributed by atoms with Crippen LogP contribution in [-0.4, -0.2) is 9.97 Å². The number of nitrogens with one attached hydrogen (secondary N) is 1. The molecule has 0 bridgehead atoms. The summed E-state index contributed by atoms with van der Waals surface area (Å²) >= 11 is 0. The zero-order chi connectivity index (χ0) is 13.2. The van der Waals surface area contributed by atoms with Crippen LogP contribution in [0.5, 0.6) is 0 Å². The molecule has 0 saturated carbocycles. The van der Waals surface area contributed by atoms with E-state index >= 15 is 0 Å². The third kappa shape index (κ3) is 2.88. The normalized spacial score (nSPS) is 12.2. The highest BCUT2D eigenvalue weighted by Gasteiger charge is 2.32. The molecule has 94 valence electrons. The van der Waals surface area contributed by atoms with E-state index in [0.29, 0.717) is 5.76 Å². The topological polar surface area (TPSA) is 58.9 Å². The molecule has 7 heteroatoms. The zero-order valence-electron chi connectivity index (χ0n) is 8.86. The summed E-state index contributed by atoms with van der Waals surface area (Å²) in [6.07, 6.45) is -0.507. The third-order valence-electron chi connectivity index (χ3n) is 2.03. The van der Waals surface area contributed by atoms with E-state index in [1.165, 1.54) is 18.4 Å². The van der Waals surface area contributed by atoms with Crippen molar-refractivity contribution in [2.75, 3.05) is 0 Å². The molecular weight excluding hydrogens is 249 g/mol. The standard InChI is InChI=1S/C11H7F3N2O2/c12-11(13,14)9-6-7(15-10(17)16-9)3-4-8-2-1-5-18-8/h1-6H,(H,15,16,17). The van der Waals surface area contributed by atoms with Crippen molar-refractivity contribution in [2.45, 2.75) is 6.18 Å². The van der Waals surface area contributed by atoms with Crippen molar-refractivity contribution in [1.82, 2.24) is 9.97 Å². The highest BCUT2D eigenvalue weighted by atomic mass is 19.4. The van der Waals surface area contributed by atoms with Crippen LogP contribution in [-0.2, 0) is 6.18 Å². The lowest BCUT2D eigenvalue weighted by Crippen LogP contribution is -2.19. The van der Waals surface area contributed by atoms with Crippen LogP contribution in [0.2, 0.25) is 0 Å². The van der Waals surface area contributed by atoms with Crippen molar-refractivity contribution in [3.05, 3.63) is 52.1 Å². The van der Waals surface area contributed by atoms with Crippen LogP contribution in [0.4, 0.5) is 13.2 Å². The first-order valence-corrected chi connectivity index (χ1v) is 4.85. The van der Waals surface area contributed by atoms with E-state index in [9.17, 15) is 18.0 Å². The maximum Gasteiger partial charge on any atom is 0.431 e. The van der Waals surface area contributed by atoms with Crippen LogP contribution in [0.3, 0.4) is 0 Å². The molecule has 2 aromatic heterocycles. The van der Waals surface area contributed by atoms with Gasteiger partial charge in [0.2, 0.25) is 0 Å². The quantitative estimate of drug-likeness (QED) is 0.898. The molecule has 0 spiro atoms. The summed E-state index contributed by atoms with van der Waals surface area (Å²) in [4.78, 5) is 16.0. The molecule has 0 unspecified atom stereocenters. The Morgan fingerprint density at radius 2 is 2.11 bits per heavy atom. The van der Waals surface area contributed by atoms with Crippen molar-refractivity contribution in [2.24, 2.45) is 0 Å². The number of nitrogens with zero attached hydrogens (tertiary/aromatic N) is 1. The van der Waals surface area contributed by atoms with Gasteiger partial charge in [-0.05, 0) is 30.4 Å². The number of furan rings is 1. The number of rotatable bonds is 2. The van der Waals surface area contributed by atoms with Gasteiger partial charge in [0.1, 0.15) is 11.5 Å². The van der Waals surface area contributed by atoms with Gasteiger partial charge in [0, 0.05) is 0 Å². The maximum atomic E-state index is 12.4. The molecule has 18 heavy (non-hydrogen) atoms. The largest absolute Gasteiger partial charge is 0.465 e. The fourth-order valence-corrected chi connectivity index (χ4v) is 1.27. The van der Waals surface area contributed by atoms with Crippen molar-refractivity contribution in [3.63, 3.8) is 0 Å². The van der Waals surface area contributed by atoms with Gasteiger partial charge < -0.3 is 9.40 Å². The van der Waals surface area contributed by atoms with Gasteiger partial charge in [-0.3, -0.25) is 0 Å². The molecule has 2 rings (SSSR count). The first-order chi connectivity index (χ1) is 8.45. The maximum absolute atomic E-state index is 12.4. The van der Waals surface area contributed by atoms with Gasteiger partial charge in [-0.15, -0.1) is 0 Å². The van der Waals surface area contributed by atoms with E-state index in [2.05, 4.69) is 4.98 Å². The molecule has 2 heterocycles. The first kappa shape index (κ1) is 12.2. The lowest BCUT2D eigenvalue weighted by Gasteiger charge is -2.05. The third-order valence-corrected chi connectivity index (χ3v) is 2.03. The summed E-state index contributed by atoms with van der Waals surface area (Å²) in [6, 6.07) is 4.00. The fraction of sp³-hybridized carbons (Fsp3) is 0.0909. The van der Waals surface area contributed by atoms with Crippen molar-refractivity contribution in [3.8, 4) is 0 Å². The molecule has 0 amide bonds. The molecule has 2 aromatic rings. The van der Waals surface area contributed by atoms with Gasteiger partial charge in [0.05, 0.1) is 12.0 Å². The second-order valence-corrected chi connectivity index (χ2v) is 3.37. The van der Waals surface area contributed by atoms with Gasteiger partial charge in [0.15, 0.2) is 0 Å². The minimum absolute atomic E-state index is 0.0949. The van der Waals surface area contributed by atoms with Gasteiger partial charge in [-0.1, -0.05) is 0 Å². The van der Waals surface area contributed by atoms with Crippen molar-refractivity contribution >= 4 is 12.2 Å². The van der Waals surface area contributed by atoms with Crippen LogP contribution in [0.25, 0.3) is 12.2 Å². The van der Waals surface area contributed by atoms with Gasteiger partial charge >= 0.3 is 11.9 Å². The molecule has 1 N–H and O–H groups in total. The van der Waals surface area contributed by atoms with E-state index in [-0.39, 0.29) is 5.69 Å². The van der Waals surface area contributed by atoms with Crippen molar-refractivity contribution in [1.29, 1.82) is 0 Å². The Hall–Kier alpha value is -2.31. The van der Waals surface area contributed by atoms with E-state index in [1.807, 2.05) is 0 Å². The number of halogens is 3. The van der Waals surface area contributed by atoms with Crippen LogP contribution in [0, 0.1) is 0 Å². The number of H-pyrrole nitrogens is 1. The Bertz CT molecular complexity index is 612. The predicted molar refractivity (Wildman–Crippen MR) is 57.5 cm³/mol. The number of alkyl halides is 3. The van der Waals surface area contributed by atoms with Crippen LogP contribution in [0.1, 0.15) is 17.1 Å². The van der Waals surface area contributed by atoms with Crippen molar-refractivity contribution < 1.29 is 17.6 Å². The second-order valence-electron chi connectivity index (χ2n) is 3.37. The van der Waals surface area contributed by atoms with Gasteiger partial charge in [0.25, 0.3) is 0 Å². The van der Waals surface area contributed by atoms with Gasteiger partial charge in [-0.2, -0.15) is 18.2 Å². The Kier molecular flexibility index (Phi) is 3.05. The highest BCUT2D eigenvalue weighted by molar-refractivity contribution is 5.65. The fourth-order valence-electron chi connectivity index (χ4n) is 1.27. The monoisotopic (exact) mass is 256 g/mol. The SMILES string of the molecule is O=c1nc(C=Cc2ccco2)cc(C(F)(F)F)[nH]1. The Balaban J connectivity index is 2.35. The lowest BCUT2D eigenvalue weighted by molar-refractivity contribution is -0.141. The molecule has 0 aliphatic carbocycles. The number of hydrogen-bond acceptors (Lipinski definition) is 3. The van der Waals surface area contributed by atoms with E-state index < -0.39 is 17.6 Å². The Labute approximate surface area is 98.8 Å². The van der Waals surface area contributed by atoms with Gasteiger partial charge in [-0.25, -0.2) is 4.79 Å². The highest BCUT2D eigenvalue weighted by Crippen LogP contribution is 2.26. The number of aromatic nitrogens is 2. The molecule has 0 aliphatic heterocycles. The number of aromatic amines is 1. The summed E-state index contributed by atoms with van der Waals surface area (Å²) in [7, 11) is 0. The molecule has 0 fully saturated rings. The Morgan fingerprint density at radius 3 is 2.72 bits per heavy atom. The van der Waals surface area contributed by atoms with Crippen LogP contribution >= 0.6 is 0 Å². The lowest BCUT2D eigenvalue weighted by atomic mass is 10.3. The minimum atomic E-state index is -4.62. The summed E-state index contributed by atoms with van der Waals surface area (Å²) in [5.74, 6) is 0.450. The minimum Gasteiger partial charge on any atom is -0.465 e. The van der Waals surface area contributed by atoms with Crippen LogP contribution < -0.4 is 5.69 Å².